The van der Waals surface area contributed by atoms with Crippen LogP contribution in [-0.4, -0.2) is 39.7 Å². The van der Waals surface area contributed by atoms with Crippen LogP contribution in [0.25, 0.3) is 0 Å². The maximum Gasteiger partial charge on any atom is 0.262 e. The van der Waals surface area contributed by atoms with Gasteiger partial charge in [-0.1, -0.05) is 47.6 Å². The number of rotatable bonds is 5. The Labute approximate surface area is 226 Å². The van der Waals surface area contributed by atoms with E-state index in [1.54, 1.807) is 41.4 Å². The van der Waals surface area contributed by atoms with E-state index in [1.165, 1.54) is 23.9 Å². The number of carbonyl (C=O) groups is 2. The highest BCUT2D eigenvalue weighted by molar-refractivity contribution is 8.15. The molecule has 8 nitrogen and oxygen atoms in total. The van der Waals surface area contributed by atoms with Gasteiger partial charge in [-0.15, -0.1) is 0 Å². The van der Waals surface area contributed by atoms with Crippen molar-refractivity contribution in [2.75, 3.05) is 12.1 Å². The number of benzene rings is 3. The summed E-state index contributed by atoms with van der Waals surface area (Å²) in [6, 6.07) is 18.4. The van der Waals surface area contributed by atoms with Gasteiger partial charge in [0.05, 0.1) is 11.8 Å². The van der Waals surface area contributed by atoms with Gasteiger partial charge in [-0.3, -0.25) is 9.59 Å². The van der Waals surface area contributed by atoms with Gasteiger partial charge in [-0.05, 0) is 47.5 Å². The topological polar surface area (TPSA) is 92.6 Å². The third kappa shape index (κ3) is 4.97. The Morgan fingerprint density at radius 2 is 1.92 bits per heavy atom. The van der Waals surface area contributed by atoms with E-state index in [0.29, 0.717) is 33.8 Å². The summed E-state index contributed by atoms with van der Waals surface area (Å²) in [5, 5.41) is 9.54. The minimum atomic E-state index is -0.691. The van der Waals surface area contributed by atoms with E-state index in [0.717, 1.165) is 16.8 Å². The molecular weight excluding hydrogens is 531 g/mol. The SMILES string of the molecule is O=C(C[C@@H]1SC(N2N=C(c3ccc(F)cc3)C[C@H]2c2cccc(Cl)c2)=NC1=O)Nc1ccc2c(c1)OCO2. The Morgan fingerprint density at radius 3 is 2.74 bits per heavy atom. The van der Waals surface area contributed by atoms with Crippen LogP contribution in [0.1, 0.15) is 30.0 Å². The number of ether oxygens (including phenoxy) is 2. The molecule has 0 radical (unpaired) electrons. The van der Waals surface area contributed by atoms with Crippen molar-refractivity contribution in [2.24, 2.45) is 10.1 Å². The molecule has 0 bridgehead atoms. The predicted molar refractivity (Wildman–Crippen MR) is 143 cm³/mol. The fraction of sp³-hybridized carbons (Fsp3) is 0.185. The lowest BCUT2D eigenvalue weighted by Crippen LogP contribution is -2.25. The lowest BCUT2D eigenvalue weighted by atomic mass is 9.98. The highest BCUT2D eigenvalue weighted by Crippen LogP contribution is 2.39. The molecule has 3 aliphatic heterocycles. The number of nitrogens with zero attached hydrogens (tertiary/aromatic N) is 3. The summed E-state index contributed by atoms with van der Waals surface area (Å²) < 4.78 is 24.1. The number of thioether (sulfide) groups is 1. The third-order valence-electron chi connectivity index (χ3n) is 6.27. The van der Waals surface area contributed by atoms with E-state index in [2.05, 4.69) is 10.3 Å². The second-order valence-electron chi connectivity index (χ2n) is 8.83. The van der Waals surface area contributed by atoms with Gasteiger partial charge in [-0.25, -0.2) is 9.40 Å². The van der Waals surface area contributed by atoms with Gasteiger partial charge in [0.1, 0.15) is 11.1 Å². The molecule has 0 aromatic heterocycles. The van der Waals surface area contributed by atoms with Crippen molar-refractivity contribution in [1.82, 2.24) is 5.01 Å². The van der Waals surface area contributed by atoms with Crippen LogP contribution in [0.5, 0.6) is 11.5 Å². The highest BCUT2D eigenvalue weighted by Gasteiger charge is 2.39. The number of hydrogen-bond donors (Lipinski definition) is 1. The smallest absolute Gasteiger partial charge is 0.262 e. The number of nitrogens with one attached hydrogen (secondary N) is 1. The van der Waals surface area contributed by atoms with Crippen LogP contribution >= 0.6 is 23.4 Å². The molecule has 192 valence electrons. The van der Waals surface area contributed by atoms with Crippen LogP contribution in [0.4, 0.5) is 10.1 Å². The molecule has 6 rings (SSSR count). The molecule has 0 spiro atoms. The van der Waals surface area contributed by atoms with Crippen molar-refractivity contribution in [2.45, 2.75) is 24.1 Å². The van der Waals surface area contributed by atoms with Gasteiger partial charge in [0, 0.05) is 29.6 Å². The zero-order valence-electron chi connectivity index (χ0n) is 19.8. The van der Waals surface area contributed by atoms with Crippen LogP contribution in [0.2, 0.25) is 5.02 Å². The molecule has 0 unspecified atom stereocenters. The summed E-state index contributed by atoms with van der Waals surface area (Å²) >= 11 is 7.45. The number of hydrogen-bond acceptors (Lipinski definition) is 7. The van der Waals surface area contributed by atoms with E-state index in [9.17, 15) is 14.0 Å². The normalized spacial score (nSPS) is 19.9. The Bertz CT molecular complexity index is 1500. The summed E-state index contributed by atoms with van der Waals surface area (Å²) in [6.07, 6.45) is 0.449. The Kier molecular flexibility index (Phi) is 6.50. The molecule has 3 aromatic rings. The maximum absolute atomic E-state index is 13.5. The summed E-state index contributed by atoms with van der Waals surface area (Å²) in [7, 11) is 0. The van der Waals surface area contributed by atoms with Crippen molar-refractivity contribution in [1.29, 1.82) is 0 Å². The molecule has 0 saturated heterocycles. The summed E-state index contributed by atoms with van der Waals surface area (Å²) in [4.78, 5) is 29.8. The largest absolute Gasteiger partial charge is 0.454 e. The summed E-state index contributed by atoms with van der Waals surface area (Å²) in [5.41, 5.74) is 2.95. The number of amidine groups is 1. The number of fused-ring (bicyclic) bond motifs is 1. The molecule has 0 aliphatic carbocycles. The van der Waals surface area contributed by atoms with Crippen molar-refractivity contribution in [3.05, 3.63) is 88.7 Å². The first-order valence-corrected chi connectivity index (χ1v) is 13.1. The fourth-order valence-electron chi connectivity index (χ4n) is 4.44. The van der Waals surface area contributed by atoms with Crippen molar-refractivity contribution in [3.8, 4) is 11.5 Å². The Balaban J connectivity index is 1.19. The van der Waals surface area contributed by atoms with E-state index in [1.807, 2.05) is 18.2 Å². The molecule has 3 heterocycles. The van der Waals surface area contributed by atoms with Crippen LogP contribution in [-0.2, 0) is 9.59 Å². The van der Waals surface area contributed by atoms with Gasteiger partial charge in [0.25, 0.3) is 5.91 Å². The third-order valence-corrected chi connectivity index (χ3v) is 7.65. The predicted octanol–water partition coefficient (Wildman–Crippen LogP) is 5.39. The van der Waals surface area contributed by atoms with E-state index >= 15 is 0 Å². The summed E-state index contributed by atoms with van der Waals surface area (Å²) in [5.74, 6) is 0.105. The second kappa shape index (κ2) is 10.1. The minimum absolute atomic E-state index is 0.0604. The number of carbonyl (C=O) groups excluding carboxylic acids is 2. The number of halogens is 2. The van der Waals surface area contributed by atoms with Crippen molar-refractivity contribution >= 4 is 51.7 Å². The maximum atomic E-state index is 13.5. The Hall–Kier alpha value is -3.89. The first-order valence-electron chi connectivity index (χ1n) is 11.8. The minimum Gasteiger partial charge on any atom is -0.454 e. The number of aliphatic imine (C=N–C) groups is 1. The Morgan fingerprint density at radius 1 is 1.11 bits per heavy atom. The molecule has 3 aliphatic rings. The van der Waals surface area contributed by atoms with Crippen LogP contribution in [0.15, 0.2) is 76.8 Å². The zero-order chi connectivity index (χ0) is 26.2. The number of anilines is 1. The number of amides is 2. The molecule has 0 fully saturated rings. The average Bonchev–Trinajstić information content (AvgIpc) is 3.63. The molecule has 0 saturated carbocycles. The molecule has 1 N–H and O–H groups in total. The average molecular weight is 551 g/mol. The lowest BCUT2D eigenvalue weighted by molar-refractivity contribution is -0.121. The number of hydrazone groups is 1. The lowest BCUT2D eigenvalue weighted by Gasteiger charge is -2.23. The van der Waals surface area contributed by atoms with Crippen LogP contribution in [0.3, 0.4) is 0 Å². The first-order chi connectivity index (χ1) is 18.4. The van der Waals surface area contributed by atoms with Gasteiger partial charge in [0.2, 0.25) is 12.7 Å². The van der Waals surface area contributed by atoms with Gasteiger partial charge in [-0.2, -0.15) is 10.1 Å². The highest BCUT2D eigenvalue weighted by atomic mass is 35.5. The molecule has 11 heteroatoms. The second-order valence-corrected chi connectivity index (χ2v) is 10.4. The van der Waals surface area contributed by atoms with Gasteiger partial charge >= 0.3 is 0 Å². The molecule has 38 heavy (non-hydrogen) atoms. The standard InChI is InChI=1S/C27H20ClFN4O4S/c28-17-3-1-2-16(10-17)21-12-20(15-4-6-18(29)7-5-15)32-33(21)27-31-26(35)24(38-27)13-25(34)30-19-8-9-22-23(11-19)37-14-36-22/h1-11,21,24H,12-14H2,(H,30,34)/t21-,24-/m0/s1. The molecule has 3 aromatic carbocycles. The van der Waals surface area contributed by atoms with Gasteiger partial charge in [0.15, 0.2) is 16.7 Å². The molecule has 2 atom stereocenters. The van der Waals surface area contributed by atoms with Crippen molar-refractivity contribution in [3.63, 3.8) is 0 Å². The first kappa shape index (κ1) is 24.4. The van der Waals surface area contributed by atoms with Gasteiger partial charge < -0.3 is 14.8 Å². The summed E-state index contributed by atoms with van der Waals surface area (Å²) in [6.45, 7) is 0.137. The molecule has 2 amide bonds. The zero-order valence-corrected chi connectivity index (χ0v) is 21.3. The quantitative estimate of drug-likeness (QED) is 0.458. The monoisotopic (exact) mass is 550 g/mol. The van der Waals surface area contributed by atoms with E-state index in [4.69, 9.17) is 26.2 Å². The van der Waals surface area contributed by atoms with Crippen LogP contribution in [0, 0.1) is 5.82 Å². The van der Waals surface area contributed by atoms with Crippen LogP contribution < -0.4 is 14.8 Å². The fourth-order valence-corrected chi connectivity index (χ4v) is 5.70. The molecular formula is C27H20ClFN4O4S. The van der Waals surface area contributed by atoms with Crippen molar-refractivity contribution < 1.29 is 23.5 Å². The van der Waals surface area contributed by atoms with E-state index < -0.39 is 11.2 Å². The van der Waals surface area contributed by atoms with E-state index in [-0.39, 0.29) is 31.0 Å².